The molecule has 1 heterocycles. The SMILES string of the molecule is CC(C)(C)OC(=O)N1CCC(CN)(NC2CCCC2)C1. The molecule has 5 nitrogen and oxygen atoms in total. The third-order valence-corrected chi connectivity index (χ3v) is 4.26. The number of carbonyl (C=O) groups is 1. The summed E-state index contributed by atoms with van der Waals surface area (Å²) < 4.78 is 5.45. The maximum absolute atomic E-state index is 12.1. The van der Waals surface area contributed by atoms with Gasteiger partial charge in [-0.2, -0.15) is 0 Å². The molecule has 1 aliphatic carbocycles. The minimum atomic E-state index is -0.441. The Kier molecular flexibility index (Phi) is 4.59. The average Bonchev–Trinajstić information content (AvgIpc) is 2.97. The Balaban J connectivity index is 1.92. The van der Waals surface area contributed by atoms with Crippen LogP contribution in [0.15, 0.2) is 0 Å². The quantitative estimate of drug-likeness (QED) is 0.829. The topological polar surface area (TPSA) is 67.6 Å². The van der Waals surface area contributed by atoms with E-state index in [2.05, 4.69) is 5.32 Å². The van der Waals surface area contributed by atoms with E-state index in [4.69, 9.17) is 10.5 Å². The summed E-state index contributed by atoms with van der Waals surface area (Å²) in [4.78, 5) is 13.9. The van der Waals surface area contributed by atoms with Crippen LogP contribution in [0, 0.1) is 0 Å². The molecule has 1 amide bonds. The molecule has 116 valence electrons. The Hall–Kier alpha value is -0.810. The van der Waals surface area contributed by atoms with Crippen molar-refractivity contribution in [3.63, 3.8) is 0 Å². The number of likely N-dealkylation sites (tertiary alicyclic amines) is 1. The normalized spacial score (nSPS) is 28.1. The van der Waals surface area contributed by atoms with Crippen molar-refractivity contribution in [2.24, 2.45) is 5.73 Å². The molecule has 1 aliphatic heterocycles. The number of carbonyl (C=O) groups excluding carboxylic acids is 1. The molecule has 0 aromatic heterocycles. The van der Waals surface area contributed by atoms with Crippen molar-refractivity contribution >= 4 is 6.09 Å². The largest absolute Gasteiger partial charge is 0.444 e. The fraction of sp³-hybridized carbons (Fsp3) is 0.933. The Morgan fingerprint density at radius 2 is 2.05 bits per heavy atom. The van der Waals surface area contributed by atoms with E-state index in [-0.39, 0.29) is 11.6 Å². The van der Waals surface area contributed by atoms with Gasteiger partial charge in [-0.3, -0.25) is 0 Å². The molecule has 2 fully saturated rings. The molecule has 5 heteroatoms. The van der Waals surface area contributed by atoms with E-state index in [1.54, 1.807) is 4.90 Å². The molecular formula is C15H29N3O2. The summed E-state index contributed by atoms with van der Waals surface area (Å²) in [6, 6.07) is 0.567. The van der Waals surface area contributed by atoms with E-state index < -0.39 is 5.60 Å². The highest BCUT2D eigenvalue weighted by Gasteiger charge is 2.41. The highest BCUT2D eigenvalue weighted by atomic mass is 16.6. The molecule has 0 aromatic rings. The van der Waals surface area contributed by atoms with Crippen LogP contribution in [0.4, 0.5) is 4.79 Å². The third-order valence-electron chi connectivity index (χ3n) is 4.26. The van der Waals surface area contributed by atoms with E-state index >= 15 is 0 Å². The van der Waals surface area contributed by atoms with Crippen LogP contribution in [0.3, 0.4) is 0 Å². The number of nitrogens with one attached hydrogen (secondary N) is 1. The lowest BCUT2D eigenvalue weighted by atomic mass is 9.97. The van der Waals surface area contributed by atoms with Gasteiger partial charge in [-0.1, -0.05) is 12.8 Å². The summed E-state index contributed by atoms with van der Waals surface area (Å²) in [5.41, 5.74) is 5.44. The van der Waals surface area contributed by atoms with Gasteiger partial charge in [0.1, 0.15) is 5.60 Å². The lowest BCUT2D eigenvalue weighted by Gasteiger charge is -2.33. The molecule has 20 heavy (non-hydrogen) atoms. The van der Waals surface area contributed by atoms with Gasteiger partial charge < -0.3 is 20.7 Å². The molecule has 3 N–H and O–H groups in total. The first-order valence-corrected chi connectivity index (χ1v) is 7.79. The molecule has 1 saturated heterocycles. The zero-order valence-electron chi connectivity index (χ0n) is 13.1. The van der Waals surface area contributed by atoms with Crippen LogP contribution < -0.4 is 11.1 Å². The lowest BCUT2D eigenvalue weighted by Crippen LogP contribution is -2.56. The Morgan fingerprint density at radius 1 is 1.40 bits per heavy atom. The van der Waals surface area contributed by atoms with Crippen molar-refractivity contribution < 1.29 is 9.53 Å². The van der Waals surface area contributed by atoms with Crippen LogP contribution in [0.2, 0.25) is 0 Å². The summed E-state index contributed by atoms with van der Waals surface area (Å²) in [7, 11) is 0. The summed E-state index contributed by atoms with van der Waals surface area (Å²) in [5, 5.41) is 3.71. The molecule has 1 saturated carbocycles. The predicted octanol–water partition coefficient (Wildman–Crippen LogP) is 1.86. The predicted molar refractivity (Wildman–Crippen MR) is 79.6 cm³/mol. The number of hydrogen-bond acceptors (Lipinski definition) is 4. The number of rotatable bonds is 3. The molecule has 1 atom stereocenters. The van der Waals surface area contributed by atoms with Crippen LogP contribution in [0.25, 0.3) is 0 Å². The number of hydrogen-bond donors (Lipinski definition) is 2. The maximum atomic E-state index is 12.1. The van der Waals surface area contributed by atoms with Gasteiger partial charge in [-0.25, -0.2) is 4.79 Å². The van der Waals surface area contributed by atoms with Gasteiger partial charge in [0.15, 0.2) is 0 Å². The second-order valence-corrected chi connectivity index (χ2v) is 7.26. The zero-order chi connectivity index (χ0) is 14.8. The van der Waals surface area contributed by atoms with Gasteiger partial charge in [0.05, 0.1) is 5.54 Å². The van der Waals surface area contributed by atoms with Gasteiger partial charge in [0.2, 0.25) is 0 Å². The molecule has 2 rings (SSSR count). The lowest BCUT2D eigenvalue weighted by molar-refractivity contribution is 0.0280. The Morgan fingerprint density at radius 3 is 2.60 bits per heavy atom. The highest BCUT2D eigenvalue weighted by Crippen LogP contribution is 2.27. The summed E-state index contributed by atoms with van der Waals surface area (Å²) in [5.74, 6) is 0. The number of amides is 1. The maximum Gasteiger partial charge on any atom is 0.410 e. The van der Waals surface area contributed by atoms with Gasteiger partial charge >= 0.3 is 6.09 Å². The molecular weight excluding hydrogens is 254 g/mol. The minimum Gasteiger partial charge on any atom is -0.444 e. The van der Waals surface area contributed by atoms with Crippen molar-refractivity contribution in [1.82, 2.24) is 10.2 Å². The van der Waals surface area contributed by atoms with Crippen LogP contribution in [-0.4, -0.2) is 47.8 Å². The van der Waals surface area contributed by atoms with Crippen LogP contribution in [0.1, 0.15) is 52.9 Å². The van der Waals surface area contributed by atoms with E-state index in [1.807, 2.05) is 20.8 Å². The smallest absolute Gasteiger partial charge is 0.410 e. The summed E-state index contributed by atoms with van der Waals surface area (Å²) >= 11 is 0. The van der Waals surface area contributed by atoms with E-state index in [0.717, 1.165) is 13.0 Å². The molecule has 0 spiro atoms. The first kappa shape index (κ1) is 15.6. The summed E-state index contributed by atoms with van der Waals surface area (Å²) in [6.07, 6.45) is 5.75. The second-order valence-electron chi connectivity index (χ2n) is 7.26. The number of ether oxygens (including phenoxy) is 1. The highest BCUT2D eigenvalue weighted by molar-refractivity contribution is 5.68. The van der Waals surface area contributed by atoms with Crippen molar-refractivity contribution in [1.29, 1.82) is 0 Å². The second kappa shape index (κ2) is 5.90. The first-order valence-electron chi connectivity index (χ1n) is 7.79. The van der Waals surface area contributed by atoms with E-state index in [9.17, 15) is 4.79 Å². The van der Waals surface area contributed by atoms with Gasteiger partial charge in [-0.15, -0.1) is 0 Å². The molecule has 0 bridgehead atoms. The Bertz CT molecular complexity index is 348. The van der Waals surface area contributed by atoms with Crippen LogP contribution in [-0.2, 0) is 4.74 Å². The van der Waals surface area contributed by atoms with Crippen molar-refractivity contribution in [3.05, 3.63) is 0 Å². The van der Waals surface area contributed by atoms with Crippen molar-refractivity contribution in [3.8, 4) is 0 Å². The minimum absolute atomic E-state index is 0.119. The molecule has 2 aliphatic rings. The van der Waals surface area contributed by atoms with Crippen molar-refractivity contribution in [2.45, 2.75) is 70.1 Å². The van der Waals surface area contributed by atoms with Crippen molar-refractivity contribution in [2.75, 3.05) is 19.6 Å². The van der Waals surface area contributed by atoms with Gasteiger partial charge in [0, 0.05) is 25.7 Å². The molecule has 0 aromatic carbocycles. The third kappa shape index (κ3) is 3.85. The number of nitrogens with two attached hydrogens (primary N) is 1. The fourth-order valence-electron chi connectivity index (χ4n) is 3.20. The first-order chi connectivity index (χ1) is 9.34. The molecule has 1 unspecified atom stereocenters. The van der Waals surface area contributed by atoms with Gasteiger partial charge in [0.25, 0.3) is 0 Å². The standard InChI is InChI=1S/C15H29N3O2/c1-14(2,3)20-13(19)18-9-8-15(10-16,11-18)17-12-6-4-5-7-12/h12,17H,4-11,16H2,1-3H3. The number of nitrogens with zero attached hydrogens (tertiary/aromatic N) is 1. The van der Waals surface area contributed by atoms with E-state index in [1.165, 1.54) is 25.7 Å². The molecule has 0 radical (unpaired) electrons. The zero-order valence-corrected chi connectivity index (χ0v) is 13.1. The van der Waals surface area contributed by atoms with Gasteiger partial charge in [-0.05, 0) is 40.0 Å². The van der Waals surface area contributed by atoms with E-state index in [0.29, 0.717) is 19.1 Å². The monoisotopic (exact) mass is 283 g/mol. The van der Waals surface area contributed by atoms with Crippen LogP contribution >= 0.6 is 0 Å². The van der Waals surface area contributed by atoms with Crippen LogP contribution in [0.5, 0.6) is 0 Å². The average molecular weight is 283 g/mol. The Labute approximate surface area is 122 Å². The fourth-order valence-corrected chi connectivity index (χ4v) is 3.20. The summed E-state index contributed by atoms with van der Waals surface area (Å²) in [6.45, 7) is 7.65.